The zero-order chi connectivity index (χ0) is 62.2. The van der Waals surface area contributed by atoms with E-state index in [4.69, 9.17) is 24.0 Å². The minimum Gasteiger partial charge on any atom is -0.507 e. The summed E-state index contributed by atoms with van der Waals surface area (Å²) in [5.41, 5.74) is 1.69. The van der Waals surface area contributed by atoms with Crippen LogP contribution in [0, 0.1) is 49.3 Å². The van der Waals surface area contributed by atoms with Gasteiger partial charge in [-0.1, -0.05) is 45.9 Å². The number of aldehydes is 1. The second kappa shape index (κ2) is 23.7. The number of rotatable bonds is 10. The number of nitrogens with zero attached hydrogens (tertiary/aromatic N) is 5. The van der Waals surface area contributed by atoms with Crippen molar-refractivity contribution in [3.05, 3.63) is 98.0 Å². The van der Waals surface area contributed by atoms with Crippen molar-refractivity contribution in [2.75, 3.05) is 50.6 Å². The number of hydrogen-bond acceptors (Lipinski definition) is 18. The maximum atomic E-state index is 16.3. The summed E-state index contributed by atoms with van der Waals surface area (Å²) in [6.07, 6.45) is 12.7. The van der Waals surface area contributed by atoms with Crippen LogP contribution in [0.1, 0.15) is 142 Å². The van der Waals surface area contributed by atoms with Gasteiger partial charge in [0.25, 0.3) is 17.2 Å². The van der Waals surface area contributed by atoms with Gasteiger partial charge in [-0.2, -0.15) is 5.10 Å². The Hall–Kier alpha value is -7.33. The summed E-state index contributed by atoms with van der Waals surface area (Å²) in [4.78, 5) is 71.2. The second-order valence-corrected chi connectivity index (χ2v) is 25.1. The molecule has 2 saturated carbocycles. The number of halogens is 1. The van der Waals surface area contributed by atoms with Crippen LogP contribution in [0.5, 0.6) is 23.0 Å². The Morgan fingerprint density at radius 3 is 2.24 bits per heavy atom. The smallest absolute Gasteiger partial charge is 0.312 e. The lowest BCUT2D eigenvalue weighted by molar-refractivity contribution is -0.160. The Balaban J connectivity index is 0.934. The molecular formula is C65H81FN6O14. The number of methoxy groups -OCH3 is 1. The van der Waals surface area contributed by atoms with Crippen molar-refractivity contribution in [1.82, 2.24) is 14.3 Å². The number of amides is 1. The maximum absolute atomic E-state index is 16.3. The van der Waals surface area contributed by atoms with Gasteiger partial charge >= 0.3 is 11.8 Å². The summed E-state index contributed by atoms with van der Waals surface area (Å²) in [5, 5.41) is 68.7. The van der Waals surface area contributed by atoms with Crippen molar-refractivity contribution in [2.45, 2.75) is 155 Å². The Morgan fingerprint density at radius 2 is 1.60 bits per heavy atom. The molecule has 0 spiro atoms. The lowest BCUT2D eigenvalue weighted by Crippen LogP contribution is -2.50. The minimum atomic E-state index is -2.10. The molecule has 2 aromatic carbocycles. The van der Waals surface area contributed by atoms with Crippen LogP contribution >= 0.6 is 0 Å². The largest absolute Gasteiger partial charge is 0.507 e. The molecule has 2 saturated heterocycles. The van der Waals surface area contributed by atoms with Gasteiger partial charge in [0, 0.05) is 98.9 Å². The highest BCUT2D eigenvalue weighted by Crippen LogP contribution is 2.56. The number of ether oxygens (including phenoxy) is 4. The predicted octanol–water partition coefficient (Wildman–Crippen LogP) is 8.29. The average molecular weight is 1190 g/mol. The molecule has 4 fully saturated rings. The van der Waals surface area contributed by atoms with Gasteiger partial charge in [-0.3, -0.25) is 38.3 Å². The Morgan fingerprint density at radius 1 is 0.907 bits per heavy atom. The molecule has 0 unspecified atom stereocenters. The summed E-state index contributed by atoms with van der Waals surface area (Å²) < 4.78 is 41.5. The SMILES string of the molecule is CO[C@H]1/C=C/O[C@@]2(C)Oc3c(C)c(O)c4c(O)c(c(/C=N/N5CCC(N(C)C6([C@H]7CCN(c8c(F)cn9c(=O)c(C=O)cc(C%10CC%10)c9c8C)C7)CC6)CC5)c(O)c4c3C2=O)NC(=O)/C(C)=C\C=C\[C@H](C)[C@H](O)[C@@H](C)[C@@H](O)[C@@H](C)[C@H](OC(C)=O)[C@@H]1C. The van der Waals surface area contributed by atoms with Crippen molar-refractivity contribution in [3.63, 3.8) is 0 Å². The fourth-order valence-corrected chi connectivity index (χ4v) is 14.2. The zero-order valence-corrected chi connectivity index (χ0v) is 50.8. The number of fused-ring (bicyclic) bond motifs is 15. The number of aromatic hydroxyl groups is 3. The summed E-state index contributed by atoms with van der Waals surface area (Å²) in [6, 6.07) is 1.86. The van der Waals surface area contributed by atoms with Gasteiger partial charge in [0.2, 0.25) is 0 Å². The molecule has 4 aromatic rings. The van der Waals surface area contributed by atoms with E-state index in [-0.39, 0.29) is 73.5 Å². The molecule has 0 radical (unpaired) electrons. The van der Waals surface area contributed by atoms with Gasteiger partial charge in [-0.05, 0) is 108 Å². The summed E-state index contributed by atoms with van der Waals surface area (Å²) in [5.74, 6) is -8.78. The first-order valence-electron chi connectivity index (χ1n) is 30.0. The van der Waals surface area contributed by atoms with Crippen LogP contribution in [0.2, 0.25) is 0 Å². The Labute approximate surface area is 499 Å². The first-order chi connectivity index (χ1) is 40.8. The lowest BCUT2D eigenvalue weighted by Gasteiger charge is -2.42. The molecule has 2 aromatic heterocycles. The monoisotopic (exact) mass is 1190 g/mol. The number of aliphatic hydroxyl groups is 2. The highest BCUT2D eigenvalue weighted by Gasteiger charge is 2.56. The van der Waals surface area contributed by atoms with Crippen LogP contribution in [-0.2, 0) is 23.8 Å². The molecule has 2 aliphatic carbocycles. The molecule has 86 heavy (non-hydrogen) atoms. The lowest BCUT2D eigenvalue weighted by atomic mass is 9.78. The minimum absolute atomic E-state index is 0.0279. The number of benzene rings is 2. The van der Waals surface area contributed by atoms with Crippen molar-refractivity contribution in [2.24, 2.45) is 34.7 Å². The number of allylic oxidation sites excluding steroid dienone is 2. The van der Waals surface area contributed by atoms with E-state index in [2.05, 4.69) is 22.2 Å². The molecule has 462 valence electrons. The van der Waals surface area contributed by atoms with Gasteiger partial charge in [0.15, 0.2) is 17.9 Å². The number of esters is 1. The highest BCUT2D eigenvalue weighted by molar-refractivity contribution is 6.24. The molecule has 21 heteroatoms. The fourth-order valence-electron chi connectivity index (χ4n) is 14.2. The molecule has 5 bridgehead atoms. The highest BCUT2D eigenvalue weighted by atomic mass is 19.1. The van der Waals surface area contributed by atoms with Gasteiger partial charge in [-0.15, -0.1) is 0 Å². The van der Waals surface area contributed by atoms with Crippen LogP contribution in [0.25, 0.3) is 16.3 Å². The summed E-state index contributed by atoms with van der Waals surface area (Å²) >= 11 is 0. The predicted molar refractivity (Wildman–Crippen MR) is 322 cm³/mol. The number of piperidine rings is 1. The van der Waals surface area contributed by atoms with Gasteiger partial charge < -0.3 is 54.7 Å². The van der Waals surface area contributed by atoms with Crippen LogP contribution in [0.15, 0.2) is 58.3 Å². The number of hydrazone groups is 1. The van der Waals surface area contributed by atoms with E-state index < -0.39 is 100 Å². The van der Waals surface area contributed by atoms with E-state index in [1.807, 2.05) is 11.9 Å². The fraction of sp³-hybridized carbons (Fsp3) is 0.538. The number of ketones is 1. The molecule has 10 atom stereocenters. The van der Waals surface area contributed by atoms with E-state index in [1.54, 1.807) is 45.9 Å². The zero-order valence-electron chi connectivity index (χ0n) is 50.8. The van der Waals surface area contributed by atoms with Crippen molar-refractivity contribution in [3.8, 4) is 23.0 Å². The third-order valence-electron chi connectivity index (χ3n) is 19.7. The number of Topliss-reactive ketones (excluding diaryl/α,β-unsaturated/α-hetero) is 1. The van der Waals surface area contributed by atoms with Crippen LogP contribution in [-0.4, -0.2) is 152 Å². The normalized spacial score (nSPS) is 29.8. The van der Waals surface area contributed by atoms with Crippen LogP contribution in [0.4, 0.5) is 15.8 Å². The third-order valence-corrected chi connectivity index (χ3v) is 19.7. The number of pyridine rings is 2. The topological polar surface area (TPSA) is 262 Å². The van der Waals surface area contributed by atoms with Gasteiger partial charge in [-0.25, -0.2) is 4.39 Å². The van der Waals surface area contributed by atoms with E-state index in [0.29, 0.717) is 62.1 Å². The summed E-state index contributed by atoms with van der Waals surface area (Å²) in [6.45, 7) is 16.7. The molecule has 6 N–H and O–H groups in total. The van der Waals surface area contributed by atoms with Crippen molar-refractivity contribution < 1.29 is 68.0 Å². The number of carbonyl (C=O) groups is 4. The maximum Gasteiger partial charge on any atom is 0.312 e. The standard InChI is InChI=1S/C65H81FN6O14/c1-32-13-12-14-33(2)62(81)68-51-45(28-67-71-24-18-43(19-25-71)69(10)65(21-22-65)42-17-23-70(29-42)53-35(4)52-44(40-15-16-40)27-41(31-73)63(82)72(52)30-46(53)66)57(78)48-49(58(51)79)56(77)38(7)60-50(48)61(80)64(9,86-60)84-26-20-47(83-11)34(3)59(85-39(8)74)37(6)55(76)36(5)54(32)75/h12-14,20,26-28,30-32,34,36-37,40,42-43,47,54-55,59,75-79H,15-19,21-25,29H2,1-11H3,(H,68,81)/b13-12+,26-20+,33-14-,67-28+/t32-,34+,36+,37+,42-,47-,54-,55+,59+,64-/m0/s1. The number of phenols is 3. The van der Waals surface area contributed by atoms with Crippen LogP contribution < -0.4 is 20.5 Å². The Bertz CT molecular complexity index is 3580. The molecule has 5 aliphatic heterocycles. The third kappa shape index (κ3) is 10.9. The number of phenolic OH excluding ortho intramolecular Hbond substituents is 3. The molecule has 7 aliphatic rings. The van der Waals surface area contributed by atoms with Gasteiger partial charge in [0.05, 0.1) is 76.0 Å². The molecule has 20 nitrogen and oxygen atoms in total. The van der Waals surface area contributed by atoms with Crippen molar-refractivity contribution >= 4 is 57.8 Å². The average Bonchev–Trinajstić information content (AvgIpc) is 1.39. The van der Waals surface area contributed by atoms with E-state index >= 15 is 4.39 Å². The molecule has 11 rings (SSSR count). The second-order valence-electron chi connectivity index (χ2n) is 25.1. The number of aromatic nitrogens is 1. The van der Waals surface area contributed by atoms with E-state index in [0.717, 1.165) is 37.7 Å². The molecular weight excluding hydrogens is 1110 g/mol. The summed E-state index contributed by atoms with van der Waals surface area (Å²) in [7, 11) is 3.60. The number of carbonyl (C=O) groups excluding carboxylic acids is 4. The van der Waals surface area contributed by atoms with Gasteiger partial charge in [0.1, 0.15) is 23.4 Å². The molecule has 1 amide bonds. The first kappa shape index (κ1) is 61.7. The quantitative estimate of drug-likeness (QED) is 0.0287. The Kier molecular flexibility index (Phi) is 17.0. The van der Waals surface area contributed by atoms with Crippen molar-refractivity contribution in [1.29, 1.82) is 0 Å². The number of nitrogens with one attached hydrogen (secondary N) is 1. The number of hydrogen-bond donors (Lipinski definition) is 6. The number of anilines is 2. The molecule has 7 heterocycles. The van der Waals surface area contributed by atoms with E-state index in [9.17, 15) is 49.5 Å². The first-order valence-corrected chi connectivity index (χ1v) is 30.0. The number of aliphatic hydroxyl groups excluding tert-OH is 2. The van der Waals surface area contributed by atoms with E-state index in [1.165, 1.54) is 70.0 Å². The number of aryl methyl sites for hydroxylation is 1. The van der Waals surface area contributed by atoms with Crippen LogP contribution in [0.3, 0.4) is 0 Å².